The Morgan fingerprint density at radius 1 is 1.07 bits per heavy atom. The molecule has 0 fully saturated rings. The van der Waals surface area contributed by atoms with E-state index < -0.39 is 0 Å². The molecular formula is C20H43IN4O2. The quantitative estimate of drug-likeness (QED) is 0.118. The first-order chi connectivity index (χ1) is 12.6. The summed E-state index contributed by atoms with van der Waals surface area (Å²) in [6, 6.07) is 0.418. The second-order valence-corrected chi connectivity index (χ2v) is 6.68. The van der Waals surface area contributed by atoms with E-state index in [2.05, 4.69) is 41.3 Å². The van der Waals surface area contributed by atoms with E-state index >= 15 is 0 Å². The van der Waals surface area contributed by atoms with Crippen molar-refractivity contribution in [2.75, 3.05) is 39.8 Å². The molecular weight excluding hydrogens is 455 g/mol. The van der Waals surface area contributed by atoms with Crippen molar-refractivity contribution in [3.8, 4) is 0 Å². The van der Waals surface area contributed by atoms with Crippen LogP contribution in [-0.4, -0.2) is 62.7 Å². The van der Waals surface area contributed by atoms with Gasteiger partial charge < -0.3 is 20.3 Å². The van der Waals surface area contributed by atoms with Crippen LogP contribution in [0.15, 0.2) is 4.99 Å². The Bertz CT molecular complexity index is 377. The fourth-order valence-electron chi connectivity index (χ4n) is 2.85. The molecule has 0 saturated heterocycles. The summed E-state index contributed by atoms with van der Waals surface area (Å²) in [4.78, 5) is 18.0. The molecule has 2 N–H and O–H groups in total. The van der Waals surface area contributed by atoms with E-state index in [1.165, 1.54) is 6.42 Å². The van der Waals surface area contributed by atoms with E-state index in [0.29, 0.717) is 19.1 Å². The van der Waals surface area contributed by atoms with E-state index in [-0.39, 0.29) is 29.9 Å². The van der Waals surface area contributed by atoms with Crippen molar-refractivity contribution >= 4 is 35.9 Å². The fraction of sp³-hybridized carbons (Fsp3) is 0.900. The first-order valence-electron chi connectivity index (χ1n) is 10.4. The topological polar surface area (TPSA) is 66.0 Å². The molecule has 0 radical (unpaired) electrons. The number of rotatable bonds is 15. The highest BCUT2D eigenvalue weighted by Crippen LogP contribution is 2.04. The van der Waals surface area contributed by atoms with Crippen LogP contribution in [0.25, 0.3) is 0 Å². The minimum atomic E-state index is -0.0785. The molecule has 0 aliphatic rings. The molecule has 0 spiro atoms. The maximum Gasteiger partial charge on any atom is 0.305 e. The van der Waals surface area contributed by atoms with Gasteiger partial charge in [-0.2, -0.15) is 0 Å². The number of halogens is 1. The van der Waals surface area contributed by atoms with Crippen molar-refractivity contribution in [2.45, 2.75) is 78.7 Å². The van der Waals surface area contributed by atoms with Crippen molar-refractivity contribution in [1.82, 2.24) is 15.5 Å². The second kappa shape index (κ2) is 20.2. The molecule has 1 unspecified atom stereocenters. The van der Waals surface area contributed by atoms with E-state index in [9.17, 15) is 4.79 Å². The minimum absolute atomic E-state index is 0. The fourth-order valence-corrected chi connectivity index (χ4v) is 2.85. The van der Waals surface area contributed by atoms with Crippen LogP contribution in [0.1, 0.15) is 72.6 Å². The van der Waals surface area contributed by atoms with Gasteiger partial charge in [0.25, 0.3) is 0 Å². The summed E-state index contributed by atoms with van der Waals surface area (Å²) >= 11 is 0. The monoisotopic (exact) mass is 498 g/mol. The molecule has 0 heterocycles. The van der Waals surface area contributed by atoms with Crippen LogP contribution in [0.2, 0.25) is 0 Å². The number of carbonyl (C=O) groups excluding carboxylic acids is 1. The summed E-state index contributed by atoms with van der Waals surface area (Å²) in [5.74, 6) is 0.803. The van der Waals surface area contributed by atoms with Crippen LogP contribution in [0, 0.1) is 0 Å². The van der Waals surface area contributed by atoms with E-state index in [0.717, 1.165) is 64.2 Å². The Labute approximate surface area is 184 Å². The van der Waals surface area contributed by atoms with Gasteiger partial charge in [0.15, 0.2) is 5.96 Å². The smallest absolute Gasteiger partial charge is 0.305 e. The SMILES string of the molecule is CCOC(=O)CCCCCCNC(=NC)NC(C)CCCN(CC)CC.I. The van der Waals surface area contributed by atoms with Gasteiger partial charge in [-0.05, 0) is 59.2 Å². The zero-order valence-corrected chi connectivity index (χ0v) is 20.5. The molecule has 0 bridgehead atoms. The molecule has 0 aromatic heterocycles. The van der Waals surface area contributed by atoms with Crippen LogP contribution in [0.5, 0.6) is 0 Å². The van der Waals surface area contributed by atoms with Gasteiger partial charge in [0.1, 0.15) is 0 Å². The largest absolute Gasteiger partial charge is 0.466 e. The van der Waals surface area contributed by atoms with Gasteiger partial charge >= 0.3 is 5.97 Å². The molecule has 7 heteroatoms. The lowest BCUT2D eigenvalue weighted by Crippen LogP contribution is -2.42. The number of guanidine groups is 1. The lowest BCUT2D eigenvalue weighted by atomic mass is 10.1. The summed E-state index contributed by atoms with van der Waals surface area (Å²) in [5.41, 5.74) is 0. The Morgan fingerprint density at radius 2 is 1.74 bits per heavy atom. The molecule has 0 saturated carbocycles. The Morgan fingerprint density at radius 3 is 2.33 bits per heavy atom. The molecule has 0 rings (SSSR count). The minimum Gasteiger partial charge on any atom is -0.466 e. The molecule has 162 valence electrons. The third-order valence-corrected chi connectivity index (χ3v) is 4.52. The van der Waals surface area contributed by atoms with Gasteiger partial charge in [0, 0.05) is 26.1 Å². The van der Waals surface area contributed by atoms with Crippen molar-refractivity contribution in [3.63, 3.8) is 0 Å². The number of carbonyl (C=O) groups is 1. The van der Waals surface area contributed by atoms with Crippen LogP contribution < -0.4 is 10.6 Å². The first-order valence-corrected chi connectivity index (χ1v) is 10.4. The van der Waals surface area contributed by atoms with Gasteiger partial charge in [0.05, 0.1) is 6.61 Å². The number of unbranched alkanes of at least 4 members (excludes halogenated alkanes) is 3. The van der Waals surface area contributed by atoms with Crippen molar-refractivity contribution < 1.29 is 9.53 Å². The molecule has 6 nitrogen and oxygen atoms in total. The standard InChI is InChI=1S/C20H42N4O2.HI/c1-6-24(7-2)17-13-14-18(4)23-20(21-5)22-16-12-10-9-11-15-19(25)26-8-3;/h18H,6-17H2,1-5H3,(H2,21,22,23);1H. The number of hydrogen-bond donors (Lipinski definition) is 2. The van der Waals surface area contributed by atoms with Crippen molar-refractivity contribution in [3.05, 3.63) is 0 Å². The highest BCUT2D eigenvalue weighted by molar-refractivity contribution is 14.0. The third-order valence-electron chi connectivity index (χ3n) is 4.52. The van der Waals surface area contributed by atoms with Gasteiger partial charge in [-0.25, -0.2) is 0 Å². The first kappa shape index (κ1) is 28.6. The average molecular weight is 498 g/mol. The predicted molar refractivity (Wildman–Crippen MR) is 126 cm³/mol. The highest BCUT2D eigenvalue weighted by Gasteiger charge is 2.06. The summed E-state index contributed by atoms with van der Waals surface area (Å²) in [7, 11) is 1.82. The van der Waals surface area contributed by atoms with E-state index in [1.54, 1.807) is 0 Å². The van der Waals surface area contributed by atoms with Gasteiger partial charge in [0.2, 0.25) is 0 Å². The predicted octanol–water partition coefficient (Wildman–Crippen LogP) is 3.79. The zero-order chi connectivity index (χ0) is 19.6. The number of aliphatic imine (C=N–C) groups is 1. The molecule has 0 aromatic rings. The third kappa shape index (κ3) is 17.3. The molecule has 27 heavy (non-hydrogen) atoms. The molecule has 0 aliphatic carbocycles. The van der Waals surface area contributed by atoms with Gasteiger partial charge in [-0.1, -0.05) is 26.7 Å². The van der Waals surface area contributed by atoms with Crippen molar-refractivity contribution in [1.29, 1.82) is 0 Å². The number of nitrogens with zero attached hydrogens (tertiary/aromatic N) is 2. The lowest BCUT2D eigenvalue weighted by Gasteiger charge is -2.21. The number of esters is 1. The van der Waals surface area contributed by atoms with E-state index in [1.807, 2.05) is 14.0 Å². The maximum atomic E-state index is 11.2. The zero-order valence-electron chi connectivity index (χ0n) is 18.2. The molecule has 0 aromatic carbocycles. The highest BCUT2D eigenvalue weighted by atomic mass is 127. The number of nitrogens with one attached hydrogen (secondary N) is 2. The molecule has 0 aliphatic heterocycles. The van der Waals surface area contributed by atoms with Crippen LogP contribution in [0.3, 0.4) is 0 Å². The van der Waals surface area contributed by atoms with Gasteiger partial charge in [-0.3, -0.25) is 9.79 Å². The summed E-state index contributed by atoms with van der Waals surface area (Å²) in [5, 5.41) is 6.85. The molecule has 1 atom stereocenters. The van der Waals surface area contributed by atoms with Gasteiger partial charge in [-0.15, -0.1) is 24.0 Å². The summed E-state index contributed by atoms with van der Waals surface area (Å²) < 4.78 is 4.93. The van der Waals surface area contributed by atoms with Crippen molar-refractivity contribution in [2.24, 2.45) is 4.99 Å². The van der Waals surface area contributed by atoms with Crippen LogP contribution in [0.4, 0.5) is 0 Å². The number of ether oxygens (including phenoxy) is 1. The Hall–Kier alpha value is -0.570. The molecule has 0 amide bonds. The lowest BCUT2D eigenvalue weighted by molar-refractivity contribution is -0.143. The second-order valence-electron chi connectivity index (χ2n) is 6.68. The average Bonchev–Trinajstić information content (AvgIpc) is 2.63. The number of hydrogen-bond acceptors (Lipinski definition) is 4. The van der Waals surface area contributed by atoms with E-state index in [4.69, 9.17) is 4.74 Å². The summed E-state index contributed by atoms with van der Waals surface area (Å²) in [6.45, 7) is 13.3. The van der Waals surface area contributed by atoms with Crippen LogP contribution >= 0.6 is 24.0 Å². The Balaban J connectivity index is 0. The Kier molecular flexibility index (Phi) is 21.4. The van der Waals surface area contributed by atoms with Crippen LogP contribution in [-0.2, 0) is 9.53 Å². The normalized spacial score (nSPS) is 12.4. The maximum absolute atomic E-state index is 11.2. The summed E-state index contributed by atoms with van der Waals surface area (Å²) in [6.07, 6.45) is 7.06.